The summed E-state index contributed by atoms with van der Waals surface area (Å²) in [6.07, 6.45) is 33.8. The van der Waals surface area contributed by atoms with Gasteiger partial charge in [-0.1, -0.05) is 69.8 Å². The van der Waals surface area contributed by atoms with Crippen molar-refractivity contribution in [2.45, 2.75) is 170 Å². The van der Waals surface area contributed by atoms with E-state index in [4.69, 9.17) is 14.2 Å². The topological polar surface area (TPSA) is 103 Å². The molecule has 0 radical (unpaired) electrons. The largest absolute Gasteiger partial charge is 0.446 e. The van der Waals surface area contributed by atoms with E-state index in [-0.39, 0.29) is 59.0 Å². The van der Waals surface area contributed by atoms with Crippen LogP contribution in [-0.4, -0.2) is 62.8 Å². The summed E-state index contributed by atoms with van der Waals surface area (Å²) in [7, 11) is 1.62. The lowest BCUT2D eigenvalue weighted by Gasteiger charge is -2.54. The van der Waals surface area contributed by atoms with Crippen molar-refractivity contribution in [1.82, 2.24) is 15.3 Å². The van der Waals surface area contributed by atoms with Crippen LogP contribution in [0.4, 0.5) is 4.79 Å². The Kier molecular flexibility index (Phi) is 10.1. The summed E-state index contributed by atoms with van der Waals surface area (Å²) < 4.78 is 20.2. The van der Waals surface area contributed by atoms with E-state index in [1.165, 1.54) is 80.6 Å². The molecule has 2 unspecified atom stereocenters. The van der Waals surface area contributed by atoms with Crippen LogP contribution >= 0.6 is 0 Å². The number of aromatic nitrogens is 2. The Morgan fingerprint density at radius 3 is 1.73 bits per heavy atom. The van der Waals surface area contributed by atoms with Crippen LogP contribution in [0.2, 0.25) is 0 Å². The van der Waals surface area contributed by atoms with Crippen molar-refractivity contribution in [2.75, 3.05) is 7.05 Å². The van der Waals surface area contributed by atoms with E-state index in [1.54, 1.807) is 7.05 Å². The molecule has 8 heteroatoms. The van der Waals surface area contributed by atoms with Gasteiger partial charge in [0.2, 0.25) is 0 Å². The van der Waals surface area contributed by atoms with Crippen LogP contribution in [0.3, 0.4) is 0 Å². The molecule has 8 nitrogen and oxygen atoms in total. The second-order valence-electron chi connectivity index (χ2n) is 22.8. The summed E-state index contributed by atoms with van der Waals surface area (Å²) in [5.74, 6) is 2.12. The third-order valence-corrected chi connectivity index (χ3v) is 19.9. The minimum atomic E-state index is -0.336. The van der Waals surface area contributed by atoms with Gasteiger partial charge in [0.15, 0.2) is 0 Å². The van der Waals surface area contributed by atoms with Gasteiger partial charge in [0.05, 0.1) is 28.5 Å². The molecule has 10 aliphatic rings. The van der Waals surface area contributed by atoms with Gasteiger partial charge in [0.25, 0.3) is 0 Å². The number of ether oxygens (including phenoxy) is 3. The first-order valence-electron chi connectivity index (χ1n) is 25.5. The van der Waals surface area contributed by atoms with E-state index in [0.29, 0.717) is 23.7 Å². The summed E-state index contributed by atoms with van der Waals surface area (Å²) in [6, 6.07) is 18.2. The number of rotatable bonds is 3. The van der Waals surface area contributed by atoms with E-state index >= 15 is 0 Å². The zero-order valence-corrected chi connectivity index (χ0v) is 39.0. The number of nitrogens with zero attached hydrogens (tertiary/aromatic N) is 2. The fourth-order valence-electron chi connectivity index (χ4n) is 16.8. The predicted molar refractivity (Wildman–Crippen MR) is 264 cm³/mol. The molecule has 2 aromatic carbocycles. The number of hydrogen-bond donors (Lipinski definition) is 2. The number of pyridine rings is 2. The molecule has 6 fully saturated rings. The van der Waals surface area contributed by atoms with Gasteiger partial charge in [-0.15, -0.1) is 0 Å². The van der Waals surface area contributed by atoms with E-state index < -0.39 is 0 Å². The molecule has 4 bridgehead atoms. The van der Waals surface area contributed by atoms with Gasteiger partial charge in [0.1, 0.15) is 6.10 Å². The number of alkyl carbamates (subject to hydrolysis) is 1. The number of carbonyl (C=O) groups is 1. The number of aliphatic hydroxyl groups is 1. The van der Waals surface area contributed by atoms with Crippen LogP contribution in [-0.2, 0) is 14.2 Å². The highest BCUT2D eigenvalue weighted by molar-refractivity contribution is 5.83. The lowest BCUT2D eigenvalue weighted by Crippen LogP contribution is -2.54. The van der Waals surface area contributed by atoms with Crippen LogP contribution in [0.25, 0.3) is 21.5 Å². The van der Waals surface area contributed by atoms with Crippen molar-refractivity contribution in [3.63, 3.8) is 0 Å². The third-order valence-electron chi connectivity index (χ3n) is 19.9. The van der Waals surface area contributed by atoms with Gasteiger partial charge in [-0.2, -0.15) is 0 Å². The van der Waals surface area contributed by atoms with E-state index in [2.05, 4.69) is 102 Å². The third kappa shape index (κ3) is 6.30. The zero-order chi connectivity index (χ0) is 44.7. The highest BCUT2D eigenvalue weighted by atomic mass is 16.6. The molecule has 12 atom stereocenters. The molecule has 4 aromatic rings. The van der Waals surface area contributed by atoms with Gasteiger partial charge in [-0.05, 0) is 193 Å². The molecule has 4 spiro atoms. The Hall–Kier alpha value is -4.63. The van der Waals surface area contributed by atoms with Gasteiger partial charge >= 0.3 is 6.09 Å². The average Bonchev–Trinajstić information content (AvgIpc) is 4.06. The number of carbonyl (C=O) groups excluding carboxylic acids is 1. The average molecular weight is 900 g/mol. The monoisotopic (exact) mass is 900 g/mol. The molecule has 4 aliphatic heterocycles. The van der Waals surface area contributed by atoms with Crippen LogP contribution in [0.5, 0.6) is 0 Å². The van der Waals surface area contributed by atoms with Crippen molar-refractivity contribution in [1.29, 1.82) is 0 Å². The standard InChI is InChI=1S/C30H34N2O3.C28H31NO2.CH4/c1-28-11-9-23-16-22-5-6-24(34-27(33)31-2)17-29(22)12-13-30(23,35-29)26(28)8-7-25(28)20-4-3-19-10-14-32-18-21(19)15-20;1-26-10-8-22-15-21-4-5-23(30)16-27(21)11-12-28(22,31-27)25(26)7-6-24(26)19-3-2-18-9-13-29-17-20(18)14-19;/h3-4,9-10,14-16,18,24-26H,5-8,11-13,17H2,1-2H3,(H,31,33);2-3,8-9,13-15,17,23-25,30H,4-7,10-12,16H2,1H3;1H4/t24-,25+,26+,28+,29?,30+;23-,24+,25+,26+,27?,28+;/m00./s1. The quantitative estimate of drug-likeness (QED) is 0.211. The minimum absolute atomic E-state index is 0. The first kappa shape index (κ1) is 43.6. The van der Waals surface area contributed by atoms with Crippen molar-refractivity contribution < 1.29 is 24.1 Å². The molecule has 6 heterocycles. The number of hydrogen-bond acceptors (Lipinski definition) is 7. The van der Waals surface area contributed by atoms with Crippen molar-refractivity contribution in [3.05, 3.63) is 131 Å². The molecular weight excluding hydrogens is 831 g/mol. The number of benzene rings is 2. The molecule has 6 aliphatic carbocycles. The maximum Gasteiger partial charge on any atom is 0.407 e. The number of allylic oxidation sites excluding steroid dienone is 2. The smallest absolute Gasteiger partial charge is 0.407 e. The second-order valence-corrected chi connectivity index (χ2v) is 22.8. The lowest BCUT2D eigenvalue weighted by molar-refractivity contribution is -0.145. The fourth-order valence-corrected chi connectivity index (χ4v) is 16.8. The summed E-state index contributed by atoms with van der Waals surface area (Å²) in [4.78, 5) is 20.6. The number of nitrogens with one attached hydrogen (secondary N) is 1. The van der Waals surface area contributed by atoms with Gasteiger partial charge in [0, 0.05) is 55.4 Å². The van der Waals surface area contributed by atoms with E-state index in [9.17, 15) is 9.90 Å². The number of aliphatic hydroxyl groups excluding tert-OH is 1. The second kappa shape index (κ2) is 15.4. The molecule has 14 rings (SSSR count). The Morgan fingerprint density at radius 1 is 0.672 bits per heavy atom. The lowest BCUT2D eigenvalue weighted by atomic mass is 9.58. The summed E-state index contributed by atoms with van der Waals surface area (Å²) in [5.41, 5.74) is 8.26. The maximum absolute atomic E-state index is 11.9. The Bertz CT molecular complexity index is 2810. The first-order valence-corrected chi connectivity index (χ1v) is 25.5. The van der Waals surface area contributed by atoms with Crippen molar-refractivity contribution in [2.24, 2.45) is 22.7 Å². The van der Waals surface area contributed by atoms with Crippen LogP contribution < -0.4 is 5.32 Å². The molecule has 1 amide bonds. The predicted octanol–water partition coefficient (Wildman–Crippen LogP) is 12.7. The van der Waals surface area contributed by atoms with Crippen LogP contribution in [0.1, 0.15) is 147 Å². The maximum atomic E-state index is 11.9. The molecule has 2 N–H and O–H groups in total. The Labute approximate surface area is 396 Å². The normalized spacial score (nSPS) is 40.4. The summed E-state index contributed by atoms with van der Waals surface area (Å²) in [6.45, 7) is 5.03. The molecular formula is C59H69N3O5. The first-order chi connectivity index (χ1) is 32.0. The number of amides is 1. The molecule has 2 saturated heterocycles. The molecule has 67 heavy (non-hydrogen) atoms. The fraction of sp³-hybridized carbons (Fsp3) is 0.542. The highest BCUT2D eigenvalue weighted by Gasteiger charge is 2.68. The highest BCUT2D eigenvalue weighted by Crippen LogP contribution is 2.71. The minimum Gasteiger partial charge on any atom is -0.446 e. The SMILES string of the molecule is C.CNC(=O)O[C@H]1CCC2=CC3=CC[C@]4(C)[C@@H](c5ccc6ccncc6c5)CC[C@H]4[C@@]34CCC2(C1)O4.C[C@]12CC=C3C=C4CC[C@H](O)CC45CC[C@]3(O5)[C@@H]1CC[C@@H]2c1ccc2ccncc2c1. The molecule has 4 saturated carbocycles. The van der Waals surface area contributed by atoms with E-state index in [0.717, 1.165) is 77.0 Å². The Morgan fingerprint density at radius 2 is 1.19 bits per heavy atom. The van der Waals surface area contributed by atoms with Crippen LogP contribution in [0.15, 0.2) is 120 Å². The van der Waals surface area contributed by atoms with Gasteiger partial charge in [-0.3, -0.25) is 9.97 Å². The van der Waals surface area contributed by atoms with Gasteiger partial charge < -0.3 is 24.6 Å². The number of fused-ring (bicyclic) bond motifs is 4. The zero-order valence-electron chi connectivity index (χ0n) is 39.0. The molecule has 2 aromatic heterocycles. The molecule has 350 valence electrons. The van der Waals surface area contributed by atoms with Gasteiger partial charge in [-0.25, -0.2) is 4.79 Å². The Balaban J connectivity index is 0.000000139. The van der Waals surface area contributed by atoms with Crippen molar-refractivity contribution in [3.8, 4) is 0 Å². The summed E-state index contributed by atoms with van der Waals surface area (Å²) >= 11 is 0. The van der Waals surface area contributed by atoms with Crippen LogP contribution in [0, 0.1) is 22.7 Å². The van der Waals surface area contributed by atoms with Crippen molar-refractivity contribution >= 4 is 27.6 Å². The van der Waals surface area contributed by atoms with E-state index in [1.807, 2.05) is 24.8 Å². The summed E-state index contributed by atoms with van der Waals surface area (Å²) in [5, 5.41) is 18.0.